The monoisotopic (exact) mass is 421 g/mol. The highest BCUT2D eigenvalue weighted by molar-refractivity contribution is 6.34. The molecule has 0 saturated heterocycles. The van der Waals surface area contributed by atoms with Crippen LogP contribution in [0.4, 0.5) is 5.69 Å². The second-order valence-corrected chi connectivity index (χ2v) is 7.25. The third kappa shape index (κ3) is 3.02. The SMILES string of the molecule is N#Cc1c(COC(=O)c2ccc(N3C(=O)c4ccccc4C3=O)cc2)cn2ccccc12. The van der Waals surface area contributed by atoms with Crippen LogP contribution in [0, 0.1) is 11.3 Å². The smallest absolute Gasteiger partial charge is 0.338 e. The van der Waals surface area contributed by atoms with Gasteiger partial charge in [0, 0.05) is 18.0 Å². The summed E-state index contributed by atoms with van der Waals surface area (Å²) in [5, 5.41) is 9.47. The fourth-order valence-corrected chi connectivity index (χ4v) is 3.81. The molecule has 7 heteroatoms. The Morgan fingerprint density at radius 1 is 0.906 bits per heavy atom. The molecule has 0 spiro atoms. The van der Waals surface area contributed by atoms with E-state index in [0.717, 1.165) is 10.4 Å². The summed E-state index contributed by atoms with van der Waals surface area (Å²) in [6.07, 6.45) is 3.58. The van der Waals surface area contributed by atoms with E-state index in [2.05, 4.69) is 6.07 Å². The van der Waals surface area contributed by atoms with E-state index in [1.54, 1.807) is 34.9 Å². The molecule has 2 aromatic heterocycles. The molecule has 0 N–H and O–H groups in total. The van der Waals surface area contributed by atoms with E-state index in [4.69, 9.17) is 4.74 Å². The Morgan fingerprint density at radius 2 is 1.56 bits per heavy atom. The zero-order valence-electron chi connectivity index (χ0n) is 16.7. The summed E-state index contributed by atoms with van der Waals surface area (Å²) in [5.74, 6) is -1.37. The van der Waals surface area contributed by atoms with Crippen LogP contribution >= 0.6 is 0 Å². The van der Waals surface area contributed by atoms with Crippen molar-refractivity contribution in [1.29, 1.82) is 5.26 Å². The van der Waals surface area contributed by atoms with Crippen molar-refractivity contribution in [1.82, 2.24) is 4.40 Å². The van der Waals surface area contributed by atoms with Crippen molar-refractivity contribution in [2.45, 2.75) is 6.61 Å². The van der Waals surface area contributed by atoms with E-state index in [-0.39, 0.29) is 12.2 Å². The van der Waals surface area contributed by atoms with Gasteiger partial charge in [0.25, 0.3) is 11.8 Å². The number of nitrogens with zero attached hydrogens (tertiary/aromatic N) is 3. The fourth-order valence-electron chi connectivity index (χ4n) is 3.81. The summed E-state index contributed by atoms with van der Waals surface area (Å²) in [4.78, 5) is 38.8. The molecular weight excluding hydrogens is 406 g/mol. The molecule has 0 aliphatic carbocycles. The Kier molecular flexibility index (Phi) is 4.53. The van der Waals surface area contributed by atoms with Gasteiger partial charge in [-0.3, -0.25) is 9.59 Å². The molecule has 2 aromatic carbocycles. The predicted molar refractivity (Wildman–Crippen MR) is 115 cm³/mol. The molecule has 4 aromatic rings. The number of benzene rings is 2. The number of aromatic nitrogens is 1. The lowest BCUT2D eigenvalue weighted by atomic mass is 10.1. The van der Waals surface area contributed by atoms with Gasteiger partial charge in [0.15, 0.2) is 0 Å². The van der Waals surface area contributed by atoms with Crippen molar-refractivity contribution in [2.24, 2.45) is 0 Å². The van der Waals surface area contributed by atoms with Crippen molar-refractivity contribution in [3.63, 3.8) is 0 Å². The Bertz CT molecular complexity index is 1410. The number of fused-ring (bicyclic) bond motifs is 2. The molecule has 5 rings (SSSR count). The van der Waals surface area contributed by atoms with E-state index >= 15 is 0 Å². The lowest BCUT2D eigenvalue weighted by molar-refractivity contribution is 0.0472. The van der Waals surface area contributed by atoms with Crippen LogP contribution in [0.15, 0.2) is 79.1 Å². The molecule has 0 fully saturated rings. The van der Waals surface area contributed by atoms with Gasteiger partial charge in [0.2, 0.25) is 0 Å². The van der Waals surface area contributed by atoms with E-state index in [1.807, 2.05) is 24.4 Å². The Labute approximate surface area is 182 Å². The van der Waals surface area contributed by atoms with Gasteiger partial charge < -0.3 is 9.14 Å². The van der Waals surface area contributed by atoms with Crippen LogP contribution in [0.2, 0.25) is 0 Å². The quantitative estimate of drug-likeness (QED) is 0.367. The molecule has 0 bridgehead atoms. The number of anilines is 1. The molecule has 0 radical (unpaired) electrons. The van der Waals surface area contributed by atoms with E-state index in [0.29, 0.717) is 27.9 Å². The summed E-state index contributed by atoms with van der Waals surface area (Å²) in [6, 6.07) is 20.4. The molecule has 154 valence electrons. The number of amides is 2. The standard InChI is InChI=1S/C25H15N3O4/c26-13-21-17(14-27-12-4-3-7-22(21)27)15-32-25(31)16-8-10-18(11-9-16)28-23(29)19-5-1-2-6-20(19)24(28)30/h1-12,14H,15H2. The van der Waals surface area contributed by atoms with Gasteiger partial charge in [0.05, 0.1) is 33.5 Å². The number of pyridine rings is 1. The molecule has 1 aliphatic heterocycles. The number of esters is 1. The van der Waals surface area contributed by atoms with Crippen LogP contribution in [0.1, 0.15) is 42.2 Å². The average molecular weight is 421 g/mol. The minimum atomic E-state index is -0.571. The second kappa shape index (κ2) is 7.52. The summed E-state index contributed by atoms with van der Waals surface area (Å²) in [7, 11) is 0. The molecule has 7 nitrogen and oxygen atoms in total. The number of carbonyl (C=O) groups excluding carboxylic acids is 3. The first-order chi connectivity index (χ1) is 15.6. The van der Waals surface area contributed by atoms with Gasteiger partial charge in [0.1, 0.15) is 12.7 Å². The third-order valence-electron chi connectivity index (χ3n) is 5.39. The summed E-state index contributed by atoms with van der Waals surface area (Å²) < 4.78 is 7.20. The van der Waals surface area contributed by atoms with Crippen molar-refractivity contribution >= 4 is 29.0 Å². The van der Waals surface area contributed by atoms with Crippen LogP contribution < -0.4 is 4.90 Å². The van der Waals surface area contributed by atoms with Crippen LogP contribution in [0.3, 0.4) is 0 Å². The lowest BCUT2D eigenvalue weighted by Gasteiger charge is -2.14. The maximum atomic E-state index is 12.6. The molecule has 3 heterocycles. The van der Waals surface area contributed by atoms with Crippen LogP contribution in [-0.2, 0) is 11.3 Å². The minimum Gasteiger partial charge on any atom is -0.457 e. The number of hydrogen-bond acceptors (Lipinski definition) is 5. The number of rotatable bonds is 4. The van der Waals surface area contributed by atoms with Crippen molar-refractivity contribution in [3.8, 4) is 6.07 Å². The first-order valence-corrected chi connectivity index (χ1v) is 9.82. The lowest BCUT2D eigenvalue weighted by Crippen LogP contribution is -2.29. The highest BCUT2D eigenvalue weighted by Crippen LogP contribution is 2.28. The van der Waals surface area contributed by atoms with Gasteiger partial charge in [-0.15, -0.1) is 0 Å². The number of imide groups is 1. The normalized spacial score (nSPS) is 12.7. The van der Waals surface area contributed by atoms with Gasteiger partial charge in [-0.05, 0) is 48.5 Å². The number of nitriles is 1. The molecular formula is C25H15N3O4. The minimum absolute atomic E-state index is 0.0520. The Balaban J connectivity index is 1.32. The third-order valence-corrected chi connectivity index (χ3v) is 5.39. The first kappa shape index (κ1) is 19.3. The molecule has 0 atom stereocenters. The van der Waals surface area contributed by atoms with Crippen molar-refractivity contribution in [2.75, 3.05) is 4.90 Å². The van der Waals surface area contributed by atoms with Gasteiger partial charge in [-0.25, -0.2) is 9.69 Å². The molecule has 0 unspecified atom stereocenters. The van der Waals surface area contributed by atoms with E-state index in [1.165, 1.54) is 24.3 Å². The highest BCUT2D eigenvalue weighted by Gasteiger charge is 2.36. The second-order valence-electron chi connectivity index (χ2n) is 7.25. The summed E-state index contributed by atoms with van der Waals surface area (Å²) >= 11 is 0. The topological polar surface area (TPSA) is 91.9 Å². The first-order valence-electron chi connectivity index (χ1n) is 9.82. The van der Waals surface area contributed by atoms with Gasteiger partial charge >= 0.3 is 5.97 Å². The summed E-state index contributed by atoms with van der Waals surface area (Å²) in [5.41, 5.74) is 3.16. The fraction of sp³-hybridized carbons (Fsp3) is 0.0400. The van der Waals surface area contributed by atoms with Crippen LogP contribution in [0.5, 0.6) is 0 Å². The predicted octanol–water partition coefficient (Wildman–Crippen LogP) is 3.97. The maximum absolute atomic E-state index is 12.6. The van der Waals surface area contributed by atoms with Gasteiger partial charge in [-0.2, -0.15) is 5.26 Å². The molecule has 2 amide bonds. The maximum Gasteiger partial charge on any atom is 0.338 e. The van der Waals surface area contributed by atoms with Crippen LogP contribution in [-0.4, -0.2) is 22.2 Å². The number of hydrogen-bond donors (Lipinski definition) is 0. The van der Waals surface area contributed by atoms with E-state index < -0.39 is 17.8 Å². The zero-order valence-corrected chi connectivity index (χ0v) is 16.7. The number of carbonyl (C=O) groups is 3. The average Bonchev–Trinajstić information content (AvgIpc) is 3.32. The largest absolute Gasteiger partial charge is 0.457 e. The van der Waals surface area contributed by atoms with Crippen molar-refractivity contribution < 1.29 is 19.1 Å². The zero-order chi connectivity index (χ0) is 22.2. The Hall–Kier alpha value is -4.70. The van der Waals surface area contributed by atoms with E-state index in [9.17, 15) is 19.6 Å². The van der Waals surface area contributed by atoms with Crippen molar-refractivity contribution in [3.05, 3.63) is 107 Å². The van der Waals surface area contributed by atoms with Gasteiger partial charge in [-0.1, -0.05) is 18.2 Å². The Morgan fingerprint density at radius 3 is 2.22 bits per heavy atom. The molecule has 32 heavy (non-hydrogen) atoms. The highest BCUT2D eigenvalue weighted by atomic mass is 16.5. The molecule has 0 saturated carbocycles. The molecule has 1 aliphatic rings. The summed E-state index contributed by atoms with van der Waals surface area (Å²) in [6.45, 7) is -0.0520. The number of ether oxygens (including phenoxy) is 1. The van der Waals surface area contributed by atoms with Crippen LogP contribution in [0.25, 0.3) is 5.52 Å².